The fourth-order valence-corrected chi connectivity index (χ4v) is 5.48. The van der Waals surface area contributed by atoms with Crippen LogP contribution in [0, 0.1) is 5.82 Å². The summed E-state index contributed by atoms with van der Waals surface area (Å²) in [6.07, 6.45) is 9.80. The predicted octanol–water partition coefficient (Wildman–Crippen LogP) is 5.90. The first-order valence-corrected chi connectivity index (χ1v) is 13.4. The highest BCUT2D eigenvalue weighted by Crippen LogP contribution is 2.36. The number of halogens is 2. The van der Waals surface area contributed by atoms with E-state index < -0.39 is 17.7 Å². The summed E-state index contributed by atoms with van der Waals surface area (Å²) in [5, 5.41) is 13.9. The number of carboxylic acids is 1. The standard InChI is InChI=1S/C31H28F2N4O4/c32-24-3-1-2-21(4-7-24)28-23(19-37(34-28)27-12-8-25(33)9-13-27)18-35-16-14-31(15-17-35)20-36(30(40)41-31)26-10-5-22(6-11-26)29(38)39/h1-2,4-13,19H,3,14-18,20H2,(H,38,39). The van der Waals surface area contributed by atoms with Gasteiger partial charge in [0, 0.05) is 61.9 Å². The molecule has 2 fully saturated rings. The van der Waals surface area contributed by atoms with Gasteiger partial charge in [-0.1, -0.05) is 18.2 Å². The molecule has 3 aromatic rings. The molecule has 1 spiro atoms. The highest BCUT2D eigenvalue weighted by molar-refractivity contribution is 5.92. The van der Waals surface area contributed by atoms with Crippen molar-refractivity contribution in [3.05, 3.63) is 107 Å². The normalized spacial score (nSPS) is 18.7. The van der Waals surface area contributed by atoms with E-state index in [1.165, 1.54) is 30.3 Å². The van der Waals surface area contributed by atoms with Gasteiger partial charge in [-0.3, -0.25) is 9.80 Å². The highest BCUT2D eigenvalue weighted by atomic mass is 19.1. The number of hydrogen-bond donors (Lipinski definition) is 1. The van der Waals surface area contributed by atoms with Crippen LogP contribution in [0.1, 0.15) is 40.9 Å². The molecule has 3 heterocycles. The number of piperidine rings is 1. The zero-order valence-electron chi connectivity index (χ0n) is 22.2. The van der Waals surface area contributed by atoms with Gasteiger partial charge < -0.3 is 9.84 Å². The molecular weight excluding hydrogens is 530 g/mol. The fraction of sp³-hybridized carbons (Fsp3) is 0.258. The van der Waals surface area contributed by atoms with Crippen molar-refractivity contribution in [1.29, 1.82) is 0 Å². The third-order valence-electron chi connectivity index (χ3n) is 7.77. The second-order valence-corrected chi connectivity index (χ2v) is 10.5. The van der Waals surface area contributed by atoms with E-state index in [-0.39, 0.29) is 23.6 Å². The zero-order valence-corrected chi connectivity index (χ0v) is 22.2. The lowest BCUT2D eigenvalue weighted by molar-refractivity contribution is -0.000992. The number of carboxylic acid groups (broad SMARTS) is 1. The number of aromatic nitrogens is 2. The smallest absolute Gasteiger partial charge is 0.415 e. The van der Waals surface area contributed by atoms with Crippen LogP contribution in [-0.2, 0) is 11.3 Å². The van der Waals surface area contributed by atoms with Crippen LogP contribution in [0.15, 0.2) is 84.9 Å². The largest absolute Gasteiger partial charge is 0.478 e. The van der Waals surface area contributed by atoms with Gasteiger partial charge in [-0.05, 0) is 54.6 Å². The second kappa shape index (κ2) is 10.8. The van der Waals surface area contributed by atoms with Crippen molar-refractivity contribution < 1.29 is 28.2 Å². The Bertz CT molecular complexity index is 1570. The van der Waals surface area contributed by atoms with Gasteiger partial charge in [0.05, 0.1) is 23.5 Å². The number of nitrogens with zero attached hydrogens (tertiary/aromatic N) is 4. The number of anilines is 1. The van der Waals surface area contributed by atoms with Gasteiger partial charge >= 0.3 is 12.1 Å². The van der Waals surface area contributed by atoms with E-state index in [1.54, 1.807) is 46.0 Å². The topological polar surface area (TPSA) is 87.9 Å². The Morgan fingerprint density at radius 1 is 1.00 bits per heavy atom. The van der Waals surface area contributed by atoms with E-state index in [0.717, 1.165) is 16.8 Å². The zero-order chi connectivity index (χ0) is 28.6. The van der Waals surface area contributed by atoms with Crippen molar-refractivity contribution >= 4 is 23.3 Å². The molecule has 1 aromatic heterocycles. The number of carbonyl (C=O) groups is 2. The number of ether oxygens (including phenoxy) is 1. The number of rotatable bonds is 6. The Morgan fingerprint density at radius 3 is 2.41 bits per heavy atom. The molecule has 2 aliphatic heterocycles. The number of carbonyl (C=O) groups excluding carboxylic acids is 1. The van der Waals surface area contributed by atoms with Crippen LogP contribution < -0.4 is 4.90 Å². The number of aromatic carboxylic acids is 1. The average molecular weight is 559 g/mol. The molecule has 8 nitrogen and oxygen atoms in total. The van der Waals surface area contributed by atoms with Gasteiger partial charge in [0.25, 0.3) is 0 Å². The summed E-state index contributed by atoms with van der Waals surface area (Å²) in [7, 11) is 0. The minimum absolute atomic E-state index is 0.155. The van der Waals surface area contributed by atoms with E-state index >= 15 is 0 Å². The van der Waals surface area contributed by atoms with Crippen LogP contribution >= 0.6 is 0 Å². The Balaban J connectivity index is 1.18. The van der Waals surface area contributed by atoms with Crippen LogP contribution in [0.2, 0.25) is 0 Å². The number of hydrogen-bond acceptors (Lipinski definition) is 5. The first-order valence-electron chi connectivity index (χ1n) is 13.4. The Kier molecular flexibility index (Phi) is 7.00. The number of allylic oxidation sites excluding steroid dienone is 6. The van der Waals surface area contributed by atoms with Crippen molar-refractivity contribution in [1.82, 2.24) is 14.7 Å². The van der Waals surface area contributed by atoms with Gasteiger partial charge in [-0.2, -0.15) is 5.10 Å². The van der Waals surface area contributed by atoms with Crippen LogP contribution in [0.5, 0.6) is 0 Å². The number of amides is 1. The molecule has 210 valence electrons. The monoisotopic (exact) mass is 558 g/mol. The minimum Gasteiger partial charge on any atom is -0.478 e. The van der Waals surface area contributed by atoms with Crippen molar-refractivity contribution in [2.24, 2.45) is 0 Å². The van der Waals surface area contributed by atoms with Crippen molar-refractivity contribution in [2.45, 2.75) is 31.4 Å². The molecule has 2 aromatic carbocycles. The Morgan fingerprint density at radius 2 is 1.71 bits per heavy atom. The Hall–Kier alpha value is -4.57. The summed E-state index contributed by atoms with van der Waals surface area (Å²) in [5.74, 6) is -1.58. The molecule has 3 aliphatic rings. The minimum atomic E-state index is -1.02. The summed E-state index contributed by atoms with van der Waals surface area (Å²) in [4.78, 5) is 27.8. The van der Waals surface area contributed by atoms with Crippen LogP contribution in [0.4, 0.5) is 19.3 Å². The van der Waals surface area contributed by atoms with E-state index in [2.05, 4.69) is 4.90 Å². The van der Waals surface area contributed by atoms with Crippen LogP contribution in [0.25, 0.3) is 11.3 Å². The molecule has 0 atom stereocenters. The first kappa shape index (κ1) is 26.6. The lowest BCUT2D eigenvalue weighted by atomic mass is 9.91. The summed E-state index contributed by atoms with van der Waals surface area (Å²) in [6.45, 7) is 2.35. The molecule has 1 amide bonds. The van der Waals surface area contributed by atoms with Gasteiger partial charge in [0.2, 0.25) is 0 Å². The van der Waals surface area contributed by atoms with Crippen molar-refractivity contribution in [2.75, 3.05) is 24.5 Å². The second-order valence-electron chi connectivity index (χ2n) is 10.5. The number of benzene rings is 2. The van der Waals surface area contributed by atoms with E-state index in [4.69, 9.17) is 14.9 Å². The van der Waals surface area contributed by atoms with Gasteiger partial charge in [-0.15, -0.1) is 0 Å². The molecule has 6 rings (SSSR count). The summed E-state index contributed by atoms with van der Waals surface area (Å²) in [5.41, 5.74) is 3.31. The molecule has 0 unspecified atom stereocenters. The maximum Gasteiger partial charge on any atom is 0.415 e. The molecule has 10 heteroatoms. The van der Waals surface area contributed by atoms with E-state index in [0.29, 0.717) is 50.4 Å². The third kappa shape index (κ3) is 5.55. The first-order chi connectivity index (χ1) is 19.8. The van der Waals surface area contributed by atoms with E-state index in [1.807, 2.05) is 12.3 Å². The summed E-state index contributed by atoms with van der Waals surface area (Å²) < 4.78 is 35.0. The molecule has 0 saturated carbocycles. The molecule has 0 radical (unpaired) electrons. The quantitative estimate of drug-likeness (QED) is 0.406. The molecule has 41 heavy (non-hydrogen) atoms. The van der Waals surface area contributed by atoms with Crippen molar-refractivity contribution in [3.63, 3.8) is 0 Å². The van der Waals surface area contributed by atoms with Crippen molar-refractivity contribution in [3.8, 4) is 5.69 Å². The fourth-order valence-electron chi connectivity index (χ4n) is 5.48. The van der Waals surface area contributed by atoms with Crippen LogP contribution in [-0.4, -0.2) is 57.1 Å². The lowest BCUT2D eigenvalue weighted by Gasteiger charge is -2.37. The summed E-state index contributed by atoms with van der Waals surface area (Å²) in [6, 6.07) is 12.3. The molecule has 1 N–H and O–H groups in total. The molecular formula is C31H28F2N4O4. The SMILES string of the molecule is O=C(O)c1ccc(N2CC3(CCN(Cc4cn(-c5ccc(F)cc5)nc4C4=CC=C(F)CC=C4)CC3)OC2=O)cc1. The summed E-state index contributed by atoms with van der Waals surface area (Å²) >= 11 is 0. The maximum atomic E-state index is 13.9. The molecule has 0 bridgehead atoms. The van der Waals surface area contributed by atoms with Gasteiger partial charge in [0.1, 0.15) is 17.2 Å². The molecule has 1 aliphatic carbocycles. The van der Waals surface area contributed by atoms with E-state index in [9.17, 15) is 18.4 Å². The Labute approximate surface area is 235 Å². The average Bonchev–Trinajstić information content (AvgIpc) is 3.44. The third-order valence-corrected chi connectivity index (χ3v) is 7.77. The lowest BCUT2D eigenvalue weighted by Crippen LogP contribution is -2.46. The van der Waals surface area contributed by atoms with Gasteiger partial charge in [0.15, 0.2) is 0 Å². The highest BCUT2D eigenvalue weighted by Gasteiger charge is 2.47. The van der Waals surface area contributed by atoms with Gasteiger partial charge in [-0.25, -0.2) is 23.1 Å². The number of likely N-dealkylation sites (tertiary alicyclic amines) is 1. The predicted molar refractivity (Wildman–Crippen MR) is 149 cm³/mol. The van der Waals surface area contributed by atoms with Crippen LogP contribution in [0.3, 0.4) is 0 Å². The maximum absolute atomic E-state index is 13.9. The molecule has 2 saturated heterocycles.